The van der Waals surface area contributed by atoms with E-state index in [9.17, 15) is 9.90 Å². The minimum atomic E-state index is -0.799. The van der Waals surface area contributed by atoms with Crippen molar-refractivity contribution in [2.24, 2.45) is 5.73 Å². The Balaban J connectivity index is 4.03. The Bertz CT molecular complexity index is 276. The molecule has 0 aromatic rings. The topological polar surface area (TPSA) is 69.8 Å². The quantitative estimate of drug-likeness (QED) is 0.622. The first-order valence-corrected chi connectivity index (χ1v) is 5.96. The summed E-state index contributed by atoms with van der Waals surface area (Å²) < 4.78 is 0. The van der Waals surface area contributed by atoms with Crippen LogP contribution in [0.4, 0.5) is 0 Å². The molecule has 0 aliphatic heterocycles. The van der Waals surface area contributed by atoms with Crippen LogP contribution in [0.25, 0.3) is 0 Å². The average Bonchev–Trinajstić information content (AvgIpc) is 2.10. The van der Waals surface area contributed by atoms with Crippen LogP contribution in [0.1, 0.15) is 20.3 Å². The molecule has 0 atom stereocenters. The molecule has 6 heteroatoms. The van der Waals surface area contributed by atoms with Crippen LogP contribution in [0.5, 0.6) is 0 Å². The lowest BCUT2D eigenvalue weighted by atomic mass is 10.1. The van der Waals surface area contributed by atoms with E-state index in [4.69, 9.17) is 18.0 Å². The van der Waals surface area contributed by atoms with Gasteiger partial charge in [0.25, 0.3) is 0 Å². The maximum atomic E-state index is 11.8. The van der Waals surface area contributed by atoms with Gasteiger partial charge in [-0.15, -0.1) is 0 Å². The maximum absolute atomic E-state index is 11.8. The zero-order chi connectivity index (χ0) is 13.6. The number of hydrogen-bond donors (Lipinski definition) is 2. The van der Waals surface area contributed by atoms with Gasteiger partial charge in [-0.25, -0.2) is 0 Å². The third-order valence-electron chi connectivity index (χ3n) is 2.18. The Kier molecular flexibility index (Phi) is 6.59. The van der Waals surface area contributed by atoms with Crippen LogP contribution in [0, 0.1) is 0 Å². The van der Waals surface area contributed by atoms with Crippen molar-refractivity contribution in [3.05, 3.63) is 0 Å². The minimum absolute atomic E-state index is 0.00648. The van der Waals surface area contributed by atoms with Crippen LogP contribution in [-0.2, 0) is 4.79 Å². The Labute approximate surface area is 109 Å². The van der Waals surface area contributed by atoms with Crippen molar-refractivity contribution in [2.75, 3.05) is 33.7 Å². The number of hydrogen-bond acceptors (Lipinski definition) is 4. The van der Waals surface area contributed by atoms with E-state index in [-0.39, 0.29) is 12.5 Å². The number of carbonyl (C=O) groups is 1. The number of likely N-dealkylation sites (N-methyl/N-ethyl adjacent to an activating group) is 2. The lowest BCUT2D eigenvalue weighted by molar-refractivity contribution is -0.131. The van der Waals surface area contributed by atoms with E-state index >= 15 is 0 Å². The highest BCUT2D eigenvalue weighted by Crippen LogP contribution is 2.03. The van der Waals surface area contributed by atoms with Crippen LogP contribution in [0.2, 0.25) is 0 Å². The molecule has 0 rings (SSSR count). The number of rotatable bonds is 7. The monoisotopic (exact) mass is 261 g/mol. The van der Waals surface area contributed by atoms with Crippen LogP contribution < -0.4 is 5.73 Å². The summed E-state index contributed by atoms with van der Waals surface area (Å²) in [4.78, 5) is 15.6. The number of aliphatic hydroxyl groups is 1. The van der Waals surface area contributed by atoms with Crippen molar-refractivity contribution in [1.82, 2.24) is 9.80 Å². The van der Waals surface area contributed by atoms with Crippen LogP contribution in [0.3, 0.4) is 0 Å². The number of carbonyl (C=O) groups excluding carboxylic acids is 1. The van der Waals surface area contributed by atoms with E-state index in [0.717, 1.165) is 0 Å². The van der Waals surface area contributed by atoms with Gasteiger partial charge >= 0.3 is 0 Å². The summed E-state index contributed by atoms with van der Waals surface area (Å²) in [5.74, 6) is -0.00648. The first-order chi connectivity index (χ1) is 7.61. The molecule has 0 fully saturated rings. The molecule has 3 N–H and O–H groups in total. The van der Waals surface area contributed by atoms with Crippen molar-refractivity contribution in [2.45, 2.75) is 25.9 Å². The highest BCUT2D eigenvalue weighted by Gasteiger charge is 2.18. The second kappa shape index (κ2) is 6.88. The molecular weight excluding hydrogens is 238 g/mol. The van der Waals surface area contributed by atoms with E-state index < -0.39 is 5.60 Å². The molecule has 0 aromatic heterocycles. The molecule has 100 valence electrons. The summed E-state index contributed by atoms with van der Waals surface area (Å²) in [6, 6.07) is 0. The van der Waals surface area contributed by atoms with Crippen molar-refractivity contribution >= 4 is 23.1 Å². The first-order valence-electron chi connectivity index (χ1n) is 5.55. The van der Waals surface area contributed by atoms with Gasteiger partial charge in [-0.1, -0.05) is 12.2 Å². The third kappa shape index (κ3) is 9.02. The van der Waals surface area contributed by atoms with Gasteiger partial charge in [-0.05, 0) is 20.9 Å². The lowest BCUT2D eigenvalue weighted by Gasteiger charge is -2.26. The molecular formula is C11H23N3O2S. The van der Waals surface area contributed by atoms with E-state index in [0.29, 0.717) is 24.5 Å². The summed E-state index contributed by atoms with van der Waals surface area (Å²) in [6.07, 6.45) is 0.535. The van der Waals surface area contributed by atoms with Crippen LogP contribution >= 0.6 is 12.2 Å². The molecule has 0 aliphatic carbocycles. The van der Waals surface area contributed by atoms with Gasteiger partial charge in [0.15, 0.2) is 0 Å². The number of amides is 1. The standard InChI is InChI=1S/C11H23N3O2S/c1-11(2,16)8-13(3)7-10(15)14(4)6-5-9(12)17/h16H,5-8H2,1-4H3,(H2,12,17). The SMILES string of the molecule is CN(CC(=O)N(C)CCC(N)=S)CC(C)(C)O. The minimum Gasteiger partial charge on any atom is -0.393 e. The molecule has 0 radical (unpaired) electrons. The fourth-order valence-corrected chi connectivity index (χ4v) is 1.56. The second-order valence-electron chi connectivity index (χ2n) is 5.02. The van der Waals surface area contributed by atoms with Gasteiger partial charge in [-0.3, -0.25) is 9.69 Å². The van der Waals surface area contributed by atoms with Crippen LogP contribution in [-0.4, -0.2) is 65.1 Å². The number of nitrogens with zero attached hydrogens (tertiary/aromatic N) is 2. The Morgan fingerprint density at radius 3 is 2.35 bits per heavy atom. The number of thiocarbonyl (C=S) groups is 1. The van der Waals surface area contributed by atoms with Gasteiger partial charge in [0.1, 0.15) is 0 Å². The van der Waals surface area contributed by atoms with Gasteiger partial charge in [-0.2, -0.15) is 0 Å². The molecule has 0 aromatic carbocycles. The third-order valence-corrected chi connectivity index (χ3v) is 2.39. The summed E-state index contributed by atoms with van der Waals surface area (Å²) in [5.41, 5.74) is 4.58. The Morgan fingerprint density at radius 1 is 1.41 bits per heavy atom. The fraction of sp³-hybridized carbons (Fsp3) is 0.818. The Morgan fingerprint density at radius 2 is 1.94 bits per heavy atom. The average molecular weight is 261 g/mol. The van der Waals surface area contributed by atoms with Gasteiger partial charge in [0.2, 0.25) is 5.91 Å². The molecule has 1 amide bonds. The summed E-state index contributed by atoms with van der Waals surface area (Å²) >= 11 is 4.76. The molecule has 5 nitrogen and oxygen atoms in total. The molecule has 0 saturated carbocycles. The molecule has 0 heterocycles. The highest BCUT2D eigenvalue weighted by molar-refractivity contribution is 7.80. The molecule has 0 bridgehead atoms. The van der Waals surface area contributed by atoms with E-state index in [1.165, 1.54) is 0 Å². The molecule has 0 unspecified atom stereocenters. The van der Waals surface area contributed by atoms with Crippen molar-refractivity contribution in [3.8, 4) is 0 Å². The molecule has 0 spiro atoms. The van der Waals surface area contributed by atoms with Gasteiger partial charge in [0, 0.05) is 26.6 Å². The van der Waals surface area contributed by atoms with E-state index in [1.807, 2.05) is 0 Å². The summed E-state index contributed by atoms with van der Waals surface area (Å²) in [6.45, 7) is 4.68. The van der Waals surface area contributed by atoms with E-state index in [1.54, 1.807) is 37.7 Å². The zero-order valence-corrected chi connectivity index (χ0v) is 11.9. The lowest BCUT2D eigenvalue weighted by Crippen LogP contribution is -2.43. The normalized spacial score (nSPS) is 11.6. The second-order valence-corrected chi connectivity index (χ2v) is 5.54. The van der Waals surface area contributed by atoms with Crippen molar-refractivity contribution < 1.29 is 9.90 Å². The smallest absolute Gasteiger partial charge is 0.236 e. The van der Waals surface area contributed by atoms with Gasteiger partial charge < -0.3 is 15.7 Å². The van der Waals surface area contributed by atoms with E-state index in [2.05, 4.69) is 0 Å². The Hall–Kier alpha value is -0.720. The zero-order valence-electron chi connectivity index (χ0n) is 11.1. The largest absolute Gasteiger partial charge is 0.393 e. The van der Waals surface area contributed by atoms with Gasteiger partial charge in [0.05, 0.1) is 17.1 Å². The predicted molar refractivity (Wildman–Crippen MR) is 72.8 cm³/mol. The molecule has 0 saturated heterocycles. The summed E-state index contributed by atoms with van der Waals surface area (Å²) in [5, 5.41) is 9.62. The summed E-state index contributed by atoms with van der Waals surface area (Å²) in [7, 11) is 3.52. The maximum Gasteiger partial charge on any atom is 0.236 e. The highest BCUT2D eigenvalue weighted by atomic mass is 32.1. The van der Waals surface area contributed by atoms with Crippen molar-refractivity contribution in [3.63, 3.8) is 0 Å². The number of nitrogens with two attached hydrogens (primary N) is 1. The predicted octanol–water partition coefficient (Wildman–Crippen LogP) is -0.176. The first kappa shape index (κ1) is 16.3. The molecule has 0 aliphatic rings. The van der Waals surface area contributed by atoms with Crippen molar-refractivity contribution in [1.29, 1.82) is 0 Å². The van der Waals surface area contributed by atoms with Crippen LogP contribution in [0.15, 0.2) is 0 Å². The fourth-order valence-electron chi connectivity index (χ4n) is 1.47. The molecule has 17 heavy (non-hydrogen) atoms.